The fourth-order valence-corrected chi connectivity index (χ4v) is 1.35. The van der Waals surface area contributed by atoms with Crippen LogP contribution in [0.2, 0.25) is 0 Å². The Morgan fingerprint density at radius 3 is 2.36 bits per heavy atom. The first-order chi connectivity index (χ1) is 6.69. The molecule has 0 radical (unpaired) electrons. The fourth-order valence-electron chi connectivity index (χ4n) is 1.35. The van der Waals surface area contributed by atoms with Crippen molar-refractivity contribution in [2.45, 2.75) is 26.2 Å². The normalized spacial score (nSPS) is 12.5. The van der Waals surface area contributed by atoms with Crippen LogP contribution in [0.3, 0.4) is 0 Å². The number of ketones is 1. The second-order valence-electron chi connectivity index (χ2n) is 3.56. The van der Waals surface area contributed by atoms with Crippen molar-refractivity contribution in [1.82, 2.24) is 0 Å². The smallest absolute Gasteiger partial charge is 0.176 e. The molecule has 0 bridgehead atoms. The summed E-state index contributed by atoms with van der Waals surface area (Å²) < 4.78 is 0. The second-order valence-corrected chi connectivity index (χ2v) is 3.56. The minimum absolute atomic E-state index is 0.000650. The summed E-state index contributed by atoms with van der Waals surface area (Å²) in [6, 6.07) is 7.74. The van der Waals surface area contributed by atoms with Gasteiger partial charge < -0.3 is 5.73 Å². The van der Waals surface area contributed by atoms with Gasteiger partial charge in [0, 0.05) is 5.56 Å². The summed E-state index contributed by atoms with van der Waals surface area (Å²) in [6.07, 6.45) is 1.12. The predicted octanol–water partition coefficient (Wildman–Crippen LogP) is 2.34. The second kappa shape index (κ2) is 4.91. The summed E-state index contributed by atoms with van der Waals surface area (Å²) in [4.78, 5) is 11.2. The zero-order valence-corrected chi connectivity index (χ0v) is 8.79. The van der Waals surface area contributed by atoms with Crippen LogP contribution < -0.4 is 5.73 Å². The number of carbonyl (C=O) groups is 1. The molecule has 0 aliphatic rings. The lowest BCUT2D eigenvalue weighted by atomic mass is 9.97. The van der Waals surface area contributed by atoms with E-state index < -0.39 is 0 Å². The van der Waals surface area contributed by atoms with Crippen LogP contribution in [0.15, 0.2) is 24.3 Å². The lowest BCUT2D eigenvalue weighted by molar-refractivity contribution is 0.100. The molecule has 0 saturated heterocycles. The van der Waals surface area contributed by atoms with Crippen LogP contribution in [0.5, 0.6) is 0 Å². The highest BCUT2D eigenvalue weighted by molar-refractivity contribution is 5.97. The molecule has 2 nitrogen and oxygen atoms in total. The highest BCUT2D eigenvalue weighted by Gasteiger charge is 2.05. The van der Waals surface area contributed by atoms with E-state index in [1.54, 1.807) is 0 Å². The average molecular weight is 191 g/mol. The molecule has 0 heterocycles. The summed E-state index contributed by atoms with van der Waals surface area (Å²) in [5, 5.41) is 0. The SMILES string of the molecule is CC[C@@H](C)c1ccc(C(=O)CN)cc1. The Kier molecular flexibility index (Phi) is 3.84. The van der Waals surface area contributed by atoms with Gasteiger partial charge in [-0.05, 0) is 17.9 Å². The molecule has 1 aromatic rings. The number of benzene rings is 1. The van der Waals surface area contributed by atoms with Crippen molar-refractivity contribution < 1.29 is 4.79 Å². The molecule has 1 aromatic carbocycles. The minimum atomic E-state index is 0.000650. The van der Waals surface area contributed by atoms with Crippen LogP contribution in [0, 0.1) is 0 Å². The van der Waals surface area contributed by atoms with Crippen molar-refractivity contribution in [3.63, 3.8) is 0 Å². The van der Waals surface area contributed by atoms with Gasteiger partial charge in [-0.2, -0.15) is 0 Å². The van der Waals surface area contributed by atoms with Gasteiger partial charge in [0.2, 0.25) is 0 Å². The summed E-state index contributed by atoms with van der Waals surface area (Å²) in [5.41, 5.74) is 7.27. The molecule has 1 atom stereocenters. The lowest BCUT2D eigenvalue weighted by Gasteiger charge is -2.08. The Morgan fingerprint density at radius 2 is 1.93 bits per heavy atom. The molecule has 0 unspecified atom stereocenters. The third kappa shape index (κ3) is 2.42. The van der Waals surface area contributed by atoms with E-state index in [0.29, 0.717) is 11.5 Å². The molecule has 2 N–H and O–H groups in total. The van der Waals surface area contributed by atoms with Gasteiger partial charge in [0.15, 0.2) is 5.78 Å². The van der Waals surface area contributed by atoms with E-state index >= 15 is 0 Å². The molecular weight excluding hydrogens is 174 g/mol. The van der Waals surface area contributed by atoms with Gasteiger partial charge in [-0.25, -0.2) is 0 Å². The van der Waals surface area contributed by atoms with E-state index in [9.17, 15) is 4.79 Å². The maximum absolute atomic E-state index is 11.2. The van der Waals surface area contributed by atoms with Crippen molar-refractivity contribution >= 4 is 5.78 Å². The number of carbonyl (C=O) groups excluding carboxylic acids is 1. The first-order valence-electron chi connectivity index (χ1n) is 5.02. The number of hydrogen-bond donors (Lipinski definition) is 1. The van der Waals surface area contributed by atoms with Gasteiger partial charge in [0.05, 0.1) is 6.54 Å². The van der Waals surface area contributed by atoms with Crippen molar-refractivity contribution in [3.05, 3.63) is 35.4 Å². The molecule has 0 aliphatic heterocycles. The lowest BCUT2D eigenvalue weighted by Crippen LogP contribution is -2.13. The van der Waals surface area contributed by atoms with Crippen molar-refractivity contribution in [2.24, 2.45) is 5.73 Å². The van der Waals surface area contributed by atoms with E-state index in [1.807, 2.05) is 24.3 Å². The van der Waals surface area contributed by atoms with Crippen LogP contribution in [-0.4, -0.2) is 12.3 Å². The highest BCUT2D eigenvalue weighted by atomic mass is 16.1. The molecule has 0 aliphatic carbocycles. The predicted molar refractivity (Wildman–Crippen MR) is 58.5 cm³/mol. The largest absolute Gasteiger partial charge is 0.324 e. The third-order valence-electron chi connectivity index (χ3n) is 2.60. The van der Waals surface area contributed by atoms with Crippen molar-refractivity contribution in [3.8, 4) is 0 Å². The molecule has 1 rings (SSSR count). The third-order valence-corrected chi connectivity index (χ3v) is 2.60. The Hall–Kier alpha value is -1.15. The van der Waals surface area contributed by atoms with Crippen LogP contribution in [0.25, 0.3) is 0 Å². The van der Waals surface area contributed by atoms with E-state index in [-0.39, 0.29) is 12.3 Å². The number of rotatable bonds is 4. The quantitative estimate of drug-likeness (QED) is 0.742. The van der Waals surface area contributed by atoms with Crippen LogP contribution in [-0.2, 0) is 0 Å². The summed E-state index contributed by atoms with van der Waals surface area (Å²) >= 11 is 0. The maximum atomic E-state index is 11.2. The fraction of sp³-hybridized carbons (Fsp3) is 0.417. The average Bonchev–Trinajstić information content (AvgIpc) is 2.27. The molecule has 0 fully saturated rings. The Balaban J connectivity index is 2.83. The molecule has 0 aromatic heterocycles. The van der Waals surface area contributed by atoms with Crippen LogP contribution >= 0.6 is 0 Å². The molecule has 0 amide bonds. The summed E-state index contributed by atoms with van der Waals surface area (Å²) in [5.74, 6) is 0.553. The van der Waals surface area contributed by atoms with Crippen molar-refractivity contribution in [1.29, 1.82) is 0 Å². The van der Waals surface area contributed by atoms with Gasteiger partial charge in [-0.15, -0.1) is 0 Å². The standard InChI is InChI=1S/C12H17NO/c1-3-9(2)10-4-6-11(7-5-10)12(14)8-13/h4-7,9H,3,8,13H2,1-2H3/t9-/m1/s1. The maximum Gasteiger partial charge on any atom is 0.176 e. The number of nitrogens with two attached hydrogens (primary N) is 1. The summed E-state index contributed by atoms with van der Waals surface area (Å²) in [6.45, 7) is 4.42. The molecule has 2 heteroatoms. The molecular formula is C12H17NO. The monoisotopic (exact) mass is 191 g/mol. The minimum Gasteiger partial charge on any atom is -0.324 e. The topological polar surface area (TPSA) is 43.1 Å². The first kappa shape index (κ1) is 10.9. The highest BCUT2D eigenvalue weighted by Crippen LogP contribution is 2.18. The van der Waals surface area contributed by atoms with Gasteiger partial charge in [-0.1, -0.05) is 38.1 Å². The van der Waals surface area contributed by atoms with E-state index in [2.05, 4.69) is 13.8 Å². The number of Topliss-reactive ketones (excluding diaryl/α,β-unsaturated/α-hetero) is 1. The van der Waals surface area contributed by atoms with Gasteiger partial charge >= 0.3 is 0 Å². The van der Waals surface area contributed by atoms with Crippen molar-refractivity contribution in [2.75, 3.05) is 6.54 Å². The van der Waals surface area contributed by atoms with E-state index in [1.165, 1.54) is 5.56 Å². The zero-order chi connectivity index (χ0) is 10.6. The van der Waals surface area contributed by atoms with Crippen LogP contribution in [0.4, 0.5) is 0 Å². The van der Waals surface area contributed by atoms with Gasteiger partial charge in [0.25, 0.3) is 0 Å². The van der Waals surface area contributed by atoms with E-state index in [4.69, 9.17) is 5.73 Å². The van der Waals surface area contributed by atoms with Gasteiger partial charge in [0.1, 0.15) is 0 Å². The Morgan fingerprint density at radius 1 is 1.36 bits per heavy atom. The van der Waals surface area contributed by atoms with Crippen LogP contribution in [0.1, 0.15) is 42.1 Å². The zero-order valence-electron chi connectivity index (χ0n) is 8.79. The molecule has 76 valence electrons. The van der Waals surface area contributed by atoms with Gasteiger partial charge in [-0.3, -0.25) is 4.79 Å². The molecule has 14 heavy (non-hydrogen) atoms. The first-order valence-corrected chi connectivity index (χ1v) is 5.02. The Labute approximate surface area is 85.1 Å². The molecule has 0 spiro atoms. The van der Waals surface area contributed by atoms with E-state index in [0.717, 1.165) is 6.42 Å². The molecule has 0 saturated carbocycles. The summed E-state index contributed by atoms with van der Waals surface area (Å²) in [7, 11) is 0. The Bertz CT molecular complexity index is 303. The number of hydrogen-bond acceptors (Lipinski definition) is 2.